The summed E-state index contributed by atoms with van der Waals surface area (Å²) in [6.45, 7) is 6.43. The van der Waals surface area contributed by atoms with E-state index in [1.807, 2.05) is 20.8 Å². The van der Waals surface area contributed by atoms with Gasteiger partial charge in [-0.15, -0.1) is 0 Å². The second-order valence-corrected chi connectivity index (χ2v) is 7.54. The highest BCUT2D eigenvalue weighted by molar-refractivity contribution is 6.07. The molecule has 29 heavy (non-hydrogen) atoms. The number of benzene rings is 2. The summed E-state index contributed by atoms with van der Waals surface area (Å²) >= 11 is 0. The molecule has 152 valence electrons. The van der Waals surface area contributed by atoms with Gasteiger partial charge in [-0.05, 0) is 38.5 Å². The zero-order chi connectivity index (χ0) is 21.2. The molecule has 1 aliphatic rings. The maximum Gasteiger partial charge on any atom is 0.282 e. The van der Waals surface area contributed by atoms with Gasteiger partial charge in [0.2, 0.25) is 5.91 Å². The Balaban J connectivity index is 1.92. The highest BCUT2D eigenvalue weighted by atomic mass is 16.6. The number of amides is 2. The predicted molar refractivity (Wildman–Crippen MR) is 109 cm³/mol. The van der Waals surface area contributed by atoms with E-state index in [0.717, 1.165) is 6.42 Å². The summed E-state index contributed by atoms with van der Waals surface area (Å²) in [6, 6.07) is 10.8. The minimum absolute atomic E-state index is 0.0187. The fourth-order valence-corrected chi connectivity index (χ4v) is 3.19. The fraction of sp³-hybridized carbons (Fsp3) is 0.333. The number of para-hydroxylation sites is 1. The molecule has 0 bridgehead atoms. The number of carbonyl (C=O) groups excluding carboxylic acids is 2. The van der Waals surface area contributed by atoms with Crippen LogP contribution in [0.25, 0.3) is 0 Å². The molecular weight excluding hydrogens is 374 g/mol. The Labute approximate surface area is 168 Å². The third kappa shape index (κ3) is 4.06. The third-order valence-corrected chi connectivity index (χ3v) is 4.71. The van der Waals surface area contributed by atoms with E-state index in [-0.39, 0.29) is 23.8 Å². The number of hydrogen-bond donors (Lipinski definition) is 1. The number of fused-ring (bicyclic) bond motifs is 1. The highest BCUT2D eigenvalue weighted by Crippen LogP contribution is 2.38. The molecule has 2 aromatic carbocycles. The molecule has 1 heterocycles. The van der Waals surface area contributed by atoms with Gasteiger partial charge in [-0.3, -0.25) is 19.7 Å². The first-order valence-electron chi connectivity index (χ1n) is 9.38. The molecule has 2 aromatic rings. The summed E-state index contributed by atoms with van der Waals surface area (Å²) in [7, 11) is 0. The number of rotatable bonds is 5. The number of nitro benzene ring substituents is 1. The lowest BCUT2D eigenvalue weighted by Crippen LogP contribution is -2.42. The summed E-state index contributed by atoms with van der Waals surface area (Å²) < 4.78 is 5.88. The van der Waals surface area contributed by atoms with Crippen molar-refractivity contribution in [1.29, 1.82) is 0 Å². The third-order valence-electron chi connectivity index (χ3n) is 4.71. The number of nitro groups is 1. The first kappa shape index (κ1) is 20.3. The van der Waals surface area contributed by atoms with Crippen molar-refractivity contribution in [2.75, 3.05) is 23.4 Å². The van der Waals surface area contributed by atoms with E-state index in [1.54, 1.807) is 29.2 Å². The van der Waals surface area contributed by atoms with Gasteiger partial charge in [0, 0.05) is 24.4 Å². The number of carbonyl (C=O) groups is 2. The van der Waals surface area contributed by atoms with E-state index < -0.39 is 16.2 Å². The Hall–Kier alpha value is -3.42. The van der Waals surface area contributed by atoms with Crippen molar-refractivity contribution in [1.82, 2.24) is 0 Å². The zero-order valence-electron chi connectivity index (χ0n) is 16.6. The summed E-state index contributed by atoms with van der Waals surface area (Å²) in [5.41, 5.74) is 0.0961. The van der Waals surface area contributed by atoms with Crippen LogP contribution in [0.15, 0.2) is 42.5 Å². The average molecular weight is 397 g/mol. The number of anilines is 2. The molecular formula is C21H23N3O5. The molecule has 0 aromatic heterocycles. The summed E-state index contributed by atoms with van der Waals surface area (Å²) in [6.07, 6.45) is 0.789. The standard InChI is InChI=1S/C21H23N3O5/c1-4-11-23-17-10-9-14(12-18(17)29-13-21(2,3)20(23)26)22-19(25)15-7-5-6-8-16(15)24(27)28/h5-10,12H,4,11,13H2,1-3H3,(H,22,25). The first-order valence-corrected chi connectivity index (χ1v) is 9.38. The monoisotopic (exact) mass is 397 g/mol. The van der Waals surface area contributed by atoms with Crippen molar-refractivity contribution in [3.05, 3.63) is 58.1 Å². The Morgan fingerprint density at radius 1 is 1.28 bits per heavy atom. The van der Waals surface area contributed by atoms with Gasteiger partial charge >= 0.3 is 0 Å². The smallest absolute Gasteiger partial charge is 0.282 e. The summed E-state index contributed by atoms with van der Waals surface area (Å²) in [5, 5.41) is 13.8. The zero-order valence-corrected chi connectivity index (χ0v) is 16.6. The lowest BCUT2D eigenvalue weighted by atomic mass is 9.93. The number of nitrogens with zero attached hydrogens (tertiary/aromatic N) is 2. The Kier molecular flexibility index (Phi) is 5.54. The lowest BCUT2D eigenvalue weighted by Gasteiger charge is -2.27. The second kappa shape index (κ2) is 7.90. The van der Waals surface area contributed by atoms with E-state index in [2.05, 4.69) is 5.32 Å². The maximum atomic E-state index is 12.9. The normalized spacial score (nSPS) is 15.1. The van der Waals surface area contributed by atoms with Crippen LogP contribution in [0.1, 0.15) is 37.6 Å². The molecule has 0 radical (unpaired) electrons. The molecule has 0 saturated heterocycles. The molecule has 0 saturated carbocycles. The molecule has 0 aliphatic carbocycles. The van der Waals surface area contributed by atoms with Crippen molar-refractivity contribution in [2.24, 2.45) is 5.41 Å². The van der Waals surface area contributed by atoms with E-state index in [1.165, 1.54) is 18.2 Å². The Morgan fingerprint density at radius 2 is 2.00 bits per heavy atom. The summed E-state index contributed by atoms with van der Waals surface area (Å²) in [5.74, 6) is -0.125. The van der Waals surface area contributed by atoms with E-state index >= 15 is 0 Å². The van der Waals surface area contributed by atoms with Gasteiger partial charge in [0.05, 0.1) is 16.0 Å². The number of nitrogens with one attached hydrogen (secondary N) is 1. The van der Waals surface area contributed by atoms with Gasteiger partial charge in [-0.1, -0.05) is 19.1 Å². The molecule has 8 heteroatoms. The predicted octanol–water partition coefficient (Wildman–Crippen LogP) is 4.01. The van der Waals surface area contributed by atoms with Gasteiger partial charge in [0.15, 0.2) is 0 Å². The van der Waals surface area contributed by atoms with Crippen molar-refractivity contribution >= 4 is 28.9 Å². The van der Waals surface area contributed by atoms with Gasteiger partial charge in [0.1, 0.15) is 17.9 Å². The molecule has 1 aliphatic heterocycles. The van der Waals surface area contributed by atoms with Crippen LogP contribution < -0.4 is 15.0 Å². The van der Waals surface area contributed by atoms with Crippen molar-refractivity contribution in [3.8, 4) is 5.75 Å². The van der Waals surface area contributed by atoms with Gasteiger partial charge in [-0.25, -0.2) is 0 Å². The van der Waals surface area contributed by atoms with E-state index in [4.69, 9.17) is 4.74 Å². The van der Waals surface area contributed by atoms with Crippen molar-refractivity contribution in [2.45, 2.75) is 27.2 Å². The molecule has 0 atom stereocenters. The first-order chi connectivity index (χ1) is 13.7. The van der Waals surface area contributed by atoms with Crippen molar-refractivity contribution in [3.63, 3.8) is 0 Å². The second-order valence-electron chi connectivity index (χ2n) is 7.54. The Bertz CT molecular complexity index is 971. The topological polar surface area (TPSA) is 102 Å². The molecule has 1 N–H and O–H groups in total. The minimum Gasteiger partial charge on any atom is -0.490 e. The van der Waals surface area contributed by atoms with Crippen LogP contribution in [-0.4, -0.2) is 29.9 Å². The highest BCUT2D eigenvalue weighted by Gasteiger charge is 2.37. The molecule has 0 unspecified atom stereocenters. The van der Waals surface area contributed by atoms with Crippen LogP contribution in [0.5, 0.6) is 5.75 Å². The number of ether oxygens (including phenoxy) is 1. The van der Waals surface area contributed by atoms with Gasteiger partial charge < -0.3 is 15.0 Å². The molecule has 0 spiro atoms. The van der Waals surface area contributed by atoms with Crippen LogP contribution >= 0.6 is 0 Å². The van der Waals surface area contributed by atoms with E-state index in [9.17, 15) is 19.7 Å². The number of hydrogen-bond acceptors (Lipinski definition) is 5. The van der Waals surface area contributed by atoms with Crippen LogP contribution in [0, 0.1) is 15.5 Å². The fourth-order valence-electron chi connectivity index (χ4n) is 3.19. The van der Waals surface area contributed by atoms with Crippen molar-refractivity contribution < 1.29 is 19.2 Å². The molecule has 0 fully saturated rings. The molecule has 2 amide bonds. The minimum atomic E-state index is -0.678. The quantitative estimate of drug-likeness (QED) is 0.607. The maximum absolute atomic E-state index is 12.9. The van der Waals surface area contributed by atoms with Crippen LogP contribution in [0.4, 0.5) is 17.1 Å². The largest absolute Gasteiger partial charge is 0.490 e. The molecule has 8 nitrogen and oxygen atoms in total. The average Bonchev–Trinajstić information content (AvgIpc) is 2.78. The van der Waals surface area contributed by atoms with Gasteiger partial charge in [-0.2, -0.15) is 0 Å². The van der Waals surface area contributed by atoms with Crippen LogP contribution in [-0.2, 0) is 4.79 Å². The Morgan fingerprint density at radius 3 is 2.69 bits per heavy atom. The van der Waals surface area contributed by atoms with Crippen LogP contribution in [0.2, 0.25) is 0 Å². The van der Waals surface area contributed by atoms with Crippen LogP contribution in [0.3, 0.4) is 0 Å². The van der Waals surface area contributed by atoms with Gasteiger partial charge in [0.25, 0.3) is 11.6 Å². The van der Waals surface area contributed by atoms with E-state index in [0.29, 0.717) is 23.7 Å². The SMILES string of the molecule is CCCN1C(=O)C(C)(C)COc2cc(NC(=O)c3ccccc3[N+](=O)[O-])ccc21. The molecule has 3 rings (SSSR count). The summed E-state index contributed by atoms with van der Waals surface area (Å²) in [4.78, 5) is 37.7. The lowest BCUT2D eigenvalue weighted by molar-refractivity contribution is -0.385.